The van der Waals surface area contributed by atoms with Crippen LogP contribution >= 0.6 is 0 Å². The molecule has 0 aromatic heterocycles. The third-order valence-corrected chi connectivity index (χ3v) is 11.6. The maximum Gasteiger partial charge on any atom is 0.203 e. The van der Waals surface area contributed by atoms with Crippen LogP contribution in [0.3, 0.4) is 0 Å². The summed E-state index contributed by atoms with van der Waals surface area (Å²) in [5.41, 5.74) is 1.91. The van der Waals surface area contributed by atoms with Crippen molar-refractivity contribution >= 4 is 5.78 Å². The number of aliphatic hydroxyl groups is 1. The molecule has 0 heterocycles. The van der Waals surface area contributed by atoms with E-state index in [4.69, 9.17) is 6.57 Å². The summed E-state index contributed by atoms with van der Waals surface area (Å²) in [7, 11) is 0. The molecule has 5 aliphatic carbocycles. The molecule has 5 aliphatic rings. The van der Waals surface area contributed by atoms with E-state index < -0.39 is 0 Å². The first-order valence-corrected chi connectivity index (χ1v) is 12.9. The molecule has 0 unspecified atom stereocenters. The normalized spacial score (nSPS) is 49.7. The minimum atomic E-state index is -0.217. The molecule has 0 radical (unpaired) electrons. The lowest BCUT2D eigenvalue weighted by atomic mass is 9.36. The molecule has 0 aromatic carbocycles. The second-order valence-corrected chi connectivity index (χ2v) is 13.5. The maximum atomic E-state index is 14.0. The van der Waals surface area contributed by atoms with Gasteiger partial charge in [0.25, 0.3) is 0 Å². The van der Waals surface area contributed by atoms with Crippen LogP contribution in [-0.4, -0.2) is 10.9 Å². The van der Waals surface area contributed by atoms with Crippen LogP contribution in [0.15, 0.2) is 23.1 Å². The summed E-state index contributed by atoms with van der Waals surface area (Å²) >= 11 is 0. The van der Waals surface area contributed by atoms with E-state index in [0.717, 1.165) is 19.3 Å². The molecule has 8 atom stereocenters. The molecule has 0 aliphatic heterocycles. The zero-order valence-corrected chi connectivity index (χ0v) is 20.9. The lowest BCUT2D eigenvalue weighted by Crippen LogP contribution is -2.62. The molecule has 0 spiro atoms. The van der Waals surface area contributed by atoms with Crippen LogP contribution in [0.4, 0.5) is 0 Å². The Morgan fingerprint density at radius 3 is 2.44 bits per heavy atom. The van der Waals surface area contributed by atoms with Gasteiger partial charge in [0.2, 0.25) is 5.70 Å². The molecule has 32 heavy (non-hydrogen) atoms. The van der Waals surface area contributed by atoms with Crippen molar-refractivity contribution in [3.8, 4) is 0 Å². The summed E-state index contributed by atoms with van der Waals surface area (Å²) in [5.74, 6) is 2.30. The van der Waals surface area contributed by atoms with Crippen LogP contribution in [0.5, 0.6) is 0 Å². The van der Waals surface area contributed by atoms with E-state index in [0.29, 0.717) is 46.8 Å². The highest BCUT2D eigenvalue weighted by Gasteiger charge is 2.66. The van der Waals surface area contributed by atoms with E-state index >= 15 is 0 Å². The second kappa shape index (κ2) is 6.74. The van der Waals surface area contributed by atoms with Crippen molar-refractivity contribution < 1.29 is 9.90 Å². The summed E-state index contributed by atoms with van der Waals surface area (Å²) < 4.78 is 0. The monoisotopic (exact) mass is 435 g/mol. The van der Waals surface area contributed by atoms with Gasteiger partial charge in [-0.25, -0.2) is 4.85 Å². The van der Waals surface area contributed by atoms with Crippen LogP contribution in [0.25, 0.3) is 4.85 Å². The fourth-order valence-electron chi connectivity index (χ4n) is 9.60. The summed E-state index contributed by atoms with van der Waals surface area (Å²) in [4.78, 5) is 17.7. The van der Waals surface area contributed by atoms with Crippen LogP contribution in [0.1, 0.15) is 92.9 Å². The number of allylic oxidation sites excluding steroid dienone is 4. The highest BCUT2D eigenvalue weighted by atomic mass is 16.3. The van der Waals surface area contributed by atoms with Gasteiger partial charge >= 0.3 is 0 Å². The molecule has 0 amide bonds. The Kier molecular flexibility index (Phi) is 4.68. The minimum absolute atomic E-state index is 0.0107. The molecule has 3 saturated carbocycles. The number of ketones is 1. The Labute approximate surface area is 194 Å². The van der Waals surface area contributed by atoms with Gasteiger partial charge in [-0.2, -0.15) is 0 Å². The molecule has 3 nitrogen and oxygen atoms in total. The number of hydrogen-bond acceptors (Lipinski definition) is 2. The summed E-state index contributed by atoms with van der Waals surface area (Å²) in [5, 5.41) is 10.7. The van der Waals surface area contributed by atoms with Gasteiger partial charge in [0.15, 0.2) is 5.78 Å². The SMILES string of the molecule is [C-]#[N+]C1=C(O)[C@@H](C)[C@@H]2CC[C@]3(C)C(=CC(=O)[C@@H]4[C@@H]5CC(C)(C)CC[C@@H]5CC[C@]43C)[C@@]2(C)C1. The van der Waals surface area contributed by atoms with E-state index in [-0.39, 0.29) is 28.1 Å². The van der Waals surface area contributed by atoms with Crippen LogP contribution in [0, 0.1) is 57.8 Å². The van der Waals surface area contributed by atoms with Gasteiger partial charge in [-0.3, -0.25) is 4.79 Å². The number of carbonyl (C=O) groups excluding carboxylic acids is 1. The first-order valence-electron chi connectivity index (χ1n) is 12.9. The summed E-state index contributed by atoms with van der Waals surface area (Å²) in [6.45, 7) is 21.7. The largest absolute Gasteiger partial charge is 0.523 e. The Balaban J connectivity index is 1.63. The third-order valence-electron chi connectivity index (χ3n) is 11.6. The first kappa shape index (κ1) is 22.2. The molecule has 0 saturated heterocycles. The molecule has 0 bridgehead atoms. The van der Waals surface area contributed by atoms with Crippen molar-refractivity contribution in [2.45, 2.75) is 92.9 Å². The fraction of sp³-hybridized carbons (Fsp3) is 0.793. The lowest BCUT2D eigenvalue weighted by Gasteiger charge is -2.67. The second-order valence-electron chi connectivity index (χ2n) is 13.5. The summed E-state index contributed by atoms with van der Waals surface area (Å²) in [6.07, 6.45) is 10.9. The van der Waals surface area contributed by atoms with E-state index in [2.05, 4.69) is 52.5 Å². The number of aliphatic hydroxyl groups excluding tert-OH is 1. The van der Waals surface area contributed by atoms with E-state index in [1.54, 1.807) is 0 Å². The first-order chi connectivity index (χ1) is 14.9. The Bertz CT molecular complexity index is 966. The van der Waals surface area contributed by atoms with Gasteiger partial charge in [0, 0.05) is 11.8 Å². The topological polar surface area (TPSA) is 41.7 Å². The Morgan fingerprint density at radius 1 is 1.06 bits per heavy atom. The molecule has 3 heteroatoms. The van der Waals surface area contributed by atoms with Gasteiger partial charge < -0.3 is 5.11 Å². The maximum absolute atomic E-state index is 14.0. The number of rotatable bonds is 0. The quantitative estimate of drug-likeness (QED) is 0.400. The molecular formula is C29H41NO2. The highest BCUT2D eigenvalue weighted by molar-refractivity contribution is 5.95. The zero-order chi connectivity index (χ0) is 23.3. The standard InChI is InChI=1S/C29H41NO2/c1-17-20-10-13-28(5)23(27(20,4)16-21(30-7)25(17)32)14-22(31)24-19-15-26(2,3)11-8-18(19)9-12-29(24,28)6/h14,17-20,24,32H,8-13,15-16H2,1-6H3/t17-,18+,19+,20-,24-,27-,28+,29+/m0/s1. The third kappa shape index (κ3) is 2.68. The van der Waals surface area contributed by atoms with Crippen molar-refractivity contribution in [3.05, 3.63) is 34.5 Å². The molecule has 0 aromatic rings. The van der Waals surface area contributed by atoms with Crippen molar-refractivity contribution in [2.75, 3.05) is 0 Å². The smallest absolute Gasteiger partial charge is 0.203 e. The number of fused-ring (bicyclic) bond motifs is 7. The average Bonchev–Trinajstić information content (AvgIpc) is 2.72. The number of nitrogens with zero attached hydrogens (tertiary/aromatic N) is 1. The molecule has 5 rings (SSSR count). The van der Waals surface area contributed by atoms with E-state index in [1.165, 1.54) is 31.3 Å². The Morgan fingerprint density at radius 2 is 1.75 bits per heavy atom. The molecule has 3 fully saturated rings. The van der Waals surface area contributed by atoms with Crippen molar-refractivity contribution in [1.82, 2.24) is 0 Å². The van der Waals surface area contributed by atoms with Gasteiger partial charge in [0.1, 0.15) is 0 Å². The van der Waals surface area contributed by atoms with Gasteiger partial charge in [0.05, 0.1) is 12.3 Å². The van der Waals surface area contributed by atoms with Gasteiger partial charge in [-0.05, 0) is 96.9 Å². The van der Waals surface area contributed by atoms with Crippen LogP contribution in [0.2, 0.25) is 0 Å². The van der Waals surface area contributed by atoms with Gasteiger partial charge in [-0.1, -0.05) is 47.1 Å². The Hall–Kier alpha value is -1.56. The molecular weight excluding hydrogens is 394 g/mol. The predicted octanol–water partition coefficient (Wildman–Crippen LogP) is 7.51. The minimum Gasteiger partial charge on any atom is -0.523 e. The summed E-state index contributed by atoms with van der Waals surface area (Å²) in [6, 6.07) is 0. The van der Waals surface area contributed by atoms with E-state index in [9.17, 15) is 9.90 Å². The fourth-order valence-corrected chi connectivity index (χ4v) is 9.60. The van der Waals surface area contributed by atoms with E-state index in [1.807, 2.05) is 0 Å². The average molecular weight is 436 g/mol. The number of hydrogen-bond donors (Lipinski definition) is 1. The zero-order valence-electron chi connectivity index (χ0n) is 20.9. The highest BCUT2D eigenvalue weighted by Crippen LogP contribution is 2.72. The van der Waals surface area contributed by atoms with Crippen molar-refractivity contribution in [2.24, 2.45) is 51.2 Å². The lowest BCUT2D eigenvalue weighted by molar-refractivity contribution is -0.154. The van der Waals surface area contributed by atoms with Crippen LogP contribution < -0.4 is 0 Å². The molecule has 1 N–H and O–H groups in total. The van der Waals surface area contributed by atoms with Crippen molar-refractivity contribution in [3.63, 3.8) is 0 Å². The number of carbonyl (C=O) groups is 1. The molecule has 174 valence electrons. The predicted molar refractivity (Wildman–Crippen MR) is 128 cm³/mol. The van der Waals surface area contributed by atoms with Crippen LogP contribution in [-0.2, 0) is 4.79 Å². The van der Waals surface area contributed by atoms with Gasteiger partial charge in [-0.15, -0.1) is 0 Å². The van der Waals surface area contributed by atoms with Crippen molar-refractivity contribution in [1.29, 1.82) is 0 Å².